The molecule has 2 aromatic heterocycles. The predicted molar refractivity (Wildman–Crippen MR) is 120 cm³/mol. The zero-order valence-electron chi connectivity index (χ0n) is 17.5. The number of hydrogen-bond acceptors (Lipinski definition) is 6. The highest BCUT2D eigenvalue weighted by Gasteiger charge is 2.27. The summed E-state index contributed by atoms with van der Waals surface area (Å²) in [6.07, 6.45) is 6.97. The number of ether oxygens (including phenoxy) is 1. The van der Waals surface area contributed by atoms with Gasteiger partial charge < -0.3 is 9.64 Å². The van der Waals surface area contributed by atoms with Crippen LogP contribution >= 0.6 is 11.8 Å². The number of anilines is 1. The fourth-order valence-corrected chi connectivity index (χ4v) is 4.15. The van der Waals surface area contributed by atoms with Crippen molar-refractivity contribution in [2.45, 2.75) is 25.8 Å². The normalized spacial score (nSPS) is 15.6. The van der Waals surface area contributed by atoms with E-state index in [9.17, 15) is 8.78 Å². The summed E-state index contributed by atoms with van der Waals surface area (Å²) in [5, 5.41) is 0. The summed E-state index contributed by atoms with van der Waals surface area (Å²) < 4.78 is 34.1. The molecule has 0 bridgehead atoms. The number of hydrogen-bond donors (Lipinski definition) is 0. The lowest BCUT2D eigenvalue weighted by Crippen LogP contribution is -2.35. The van der Waals surface area contributed by atoms with Gasteiger partial charge in [0.05, 0.1) is 18.3 Å². The number of pyridine rings is 1. The third kappa shape index (κ3) is 4.63. The van der Waals surface area contributed by atoms with Crippen molar-refractivity contribution in [2.24, 2.45) is 0 Å². The Hall–Kier alpha value is -2.74. The number of thioether (sulfide) groups is 1. The lowest BCUT2D eigenvalue weighted by Gasteiger charge is -2.36. The first-order chi connectivity index (χ1) is 15.1. The highest BCUT2D eigenvalue weighted by molar-refractivity contribution is 7.98. The first-order valence-corrected chi connectivity index (χ1v) is 11.6. The van der Waals surface area contributed by atoms with Crippen LogP contribution in [0.2, 0.25) is 0 Å². The molecular formula is C23H24F2N4OS. The molecule has 0 saturated heterocycles. The standard InChI is InChI=1S/C23H24F2N4OS/c1-15-17-14-27-23(20-6-3-4-8-26-20)28-19(17)7-9-29(15)16-12-18(24)22(25)21(13-16)30-10-5-11-31-2/h3-4,6,8,12-15H,5,7,9-11H2,1-2H3. The molecule has 4 rings (SSSR count). The highest BCUT2D eigenvalue weighted by Crippen LogP contribution is 2.36. The van der Waals surface area contributed by atoms with Gasteiger partial charge in [0.15, 0.2) is 17.4 Å². The van der Waals surface area contributed by atoms with Crippen molar-refractivity contribution in [3.63, 3.8) is 0 Å². The van der Waals surface area contributed by atoms with Gasteiger partial charge in [-0.15, -0.1) is 0 Å². The fraction of sp³-hybridized carbons (Fsp3) is 0.348. The van der Waals surface area contributed by atoms with Crippen LogP contribution in [0.3, 0.4) is 0 Å². The van der Waals surface area contributed by atoms with Gasteiger partial charge in [-0.1, -0.05) is 6.07 Å². The summed E-state index contributed by atoms with van der Waals surface area (Å²) in [6.45, 7) is 3.00. The molecule has 1 aliphatic heterocycles. The van der Waals surface area contributed by atoms with Gasteiger partial charge in [0.25, 0.3) is 0 Å². The third-order valence-corrected chi connectivity index (χ3v) is 6.06. The lowest BCUT2D eigenvalue weighted by atomic mass is 9.98. The van der Waals surface area contributed by atoms with E-state index in [4.69, 9.17) is 9.72 Å². The Labute approximate surface area is 184 Å². The second-order valence-corrected chi connectivity index (χ2v) is 8.35. The number of fused-ring (bicyclic) bond motifs is 1. The van der Waals surface area contributed by atoms with Gasteiger partial charge in [0.2, 0.25) is 5.82 Å². The van der Waals surface area contributed by atoms with E-state index in [1.165, 1.54) is 6.07 Å². The van der Waals surface area contributed by atoms with Gasteiger partial charge >= 0.3 is 0 Å². The number of halogens is 2. The van der Waals surface area contributed by atoms with Crippen molar-refractivity contribution >= 4 is 17.4 Å². The molecule has 1 aliphatic rings. The minimum atomic E-state index is -0.943. The largest absolute Gasteiger partial charge is 0.490 e. The van der Waals surface area contributed by atoms with Gasteiger partial charge in [0, 0.05) is 48.7 Å². The summed E-state index contributed by atoms with van der Waals surface area (Å²) >= 11 is 1.69. The monoisotopic (exact) mass is 442 g/mol. The molecule has 5 nitrogen and oxygen atoms in total. The van der Waals surface area contributed by atoms with Gasteiger partial charge in [0.1, 0.15) is 5.69 Å². The Morgan fingerprint density at radius 1 is 1.23 bits per heavy atom. The molecule has 1 aromatic carbocycles. The minimum absolute atomic E-state index is 0.0455. The van der Waals surface area contributed by atoms with Crippen LogP contribution in [0.4, 0.5) is 14.5 Å². The minimum Gasteiger partial charge on any atom is -0.490 e. The molecule has 3 heterocycles. The molecule has 8 heteroatoms. The van der Waals surface area contributed by atoms with Gasteiger partial charge in [-0.25, -0.2) is 14.4 Å². The SMILES string of the molecule is CSCCCOc1cc(N2CCc3nc(-c4ccccn4)ncc3C2C)cc(F)c1F. The maximum atomic E-state index is 14.3. The highest BCUT2D eigenvalue weighted by atomic mass is 32.2. The van der Waals surface area contributed by atoms with Crippen LogP contribution in [0, 0.1) is 11.6 Å². The number of benzene rings is 1. The first kappa shape index (κ1) is 21.5. The summed E-state index contributed by atoms with van der Waals surface area (Å²) in [6, 6.07) is 8.36. The zero-order valence-corrected chi connectivity index (χ0v) is 18.3. The van der Waals surface area contributed by atoms with Crippen molar-refractivity contribution in [2.75, 3.05) is 30.1 Å². The maximum absolute atomic E-state index is 14.3. The molecule has 1 unspecified atom stereocenters. The van der Waals surface area contributed by atoms with Crippen molar-refractivity contribution in [1.82, 2.24) is 15.0 Å². The van der Waals surface area contributed by atoms with Gasteiger partial charge in [-0.2, -0.15) is 16.2 Å². The predicted octanol–water partition coefficient (Wildman–Crippen LogP) is 5.07. The summed E-state index contributed by atoms with van der Waals surface area (Å²) in [4.78, 5) is 15.5. The molecule has 162 valence electrons. The molecular weight excluding hydrogens is 418 g/mol. The van der Waals surface area contributed by atoms with Crippen LogP contribution in [-0.4, -0.2) is 40.1 Å². The molecule has 0 saturated carbocycles. The number of aromatic nitrogens is 3. The molecule has 0 fully saturated rings. The molecule has 0 aliphatic carbocycles. The topological polar surface area (TPSA) is 51.1 Å². The van der Waals surface area contributed by atoms with E-state index in [0.717, 1.165) is 29.1 Å². The average molecular weight is 443 g/mol. The van der Waals surface area contributed by atoms with Crippen LogP contribution in [0.25, 0.3) is 11.5 Å². The fourth-order valence-electron chi connectivity index (χ4n) is 3.74. The molecule has 1 atom stereocenters. The van der Waals surface area contributed by atoms with Crippen molar-refractivity contribution in [3.8, 4) is 17.3 Å². The average Bonchev–Trinajstić information content (AvgIpc) is 2.80. The van der Waals surface area contributed by atoms with E-state index < -0.39 is 11.6 Å². The van der Waals surface area contributed by atoms with Crippen molar-refractivity contribution < 1.29 is 13.5 Å². The summed E-state index contributed by atoms with van der Waals surface area (Å²) in [7, 11) is 0. The van der Waals surface area contributed by atoms with Crippen LogP contribution in [0.1, 0.15) is 30.6 Å². The van der Waals surface area contributed by atoms with Crippen molar-refractivity contribution in [3.05, 3.63) is 65.6 Å². The Morgan fingerprint density at radius 3 is 2.87 bits per heavy atom. The quantitative estimate of drug-likeness (QED) is 0.476. The van der Waals surface area contributed by atoms with E-state index >= 15 is 0 Å². The molecule has 3 aromatic rings. The Balaban J connectivity index is 1.58. The summed E-state index contributed by atoms with van der Waals surface area (Å²) in [5.41, 5.74) is 3.24. The second kappa shape index (κ2) is 9.60. The Bertz CT molecular complexity index is 1050. The van der Waals surface area contributed by atoms with E-state index in [-0.39, 0.29) is 11.8 Å². The molecule has 0 spiro atoms. The maximum Gasteiger partial charge on any atom is 0.200 e. The first-order valence-electron chi connectivity index (χ1n) is 10.2. The van der Waals surface area contributed by atoms with Crippen LogP contribution in [-0.2, 0) is 6.42 Å². The van der Waals surface area contributed by atoms with Crippen LogP contribution < -0.4 is 9.64 Å². The smallest absolute Gasteiger partial charge is 0.200 e. The van der Waals surface area contributed by atoms with E-state index in [1.807, 2.05) is 42.5 Å². The van der Waals surface area contributed by atoms with E-state index in [1.54, 1.807) is 24.0 Å². The Morgan fingerprint density at radius 2 is 2.10 bits per heavy atom. The van der Waals surface area contributed by atoms with Gasteiger partial charge in [-0.05, 0) is 37.5 Å². The zero-order chi connectivity index (χ0) is 21.8. The molecule has 0 amide bonds. The summed E-state index contributed by atoms with van der Waals surface area (Å²) in [5.74, 6) is -0.396. The van der Waals surface area contributed by atoms with Crippen LogP contribution in [0.15, 0.2) is 42.7 Å². The van der Waals surface area contributed by atoms with Gasteiger partial charge in [-0.3, -0.25) is 4.98 Å². The second-order valence-electron chi connectivity index (χ2n) is 7.36. The Kier molecular flexibility index (Phi) is 6.65. The number of nitrogens with zero attached hydrogens (tertiary/aromatic N) is 4. The lowest BCUT2D eigenvalue weighted by molar-refractivity contribution is 0.296. The molecule has 0 radical (unpaired) electrons. The number of rotatable bonds is 7. The van der Waals surface area contributed by atoms with E-state index in [2.05, 4.69) is 9.97 Å². The molecule has 0 N–H and O–H groups in total. The van der Waals surface area contributed by atoms with Crippen LogP contribution in [0.5, 0.6) is 5.75 Å². The van der Waals surface area contributed by atoms with Crippen molar-refractivity contribution in [1.29, 1.82) is 0 Å². The third-order valence-electron chi connectivity index (χ3n) is 5.36. The molecule has 31 heavy (non-hydrogen) atoms. The van der Waals surface area contributed by atoms with E-state index in [0.29, 0.717) is 31.1 Å².